The summed E-state index contributed by atoms with van der Waals surface area (Å²) in [6.45, 7) is -0.656. The third kappa shape index (κ3) is 4.76. The molecule has 2 aromatic carbocycles. The number of nitrogens with one attached hydrogen (secondary N) is 2. The zero-order chi connectivity index (χ0) is 20.1. The summed E-state index contributed by atoms with van der Waals surface area (Å²) in [4.78, 5) is 42.3. The number of aromatic amines is 1. The van der Waals surface area contributed by atoms with E-state index in [1.54, 1.807) is 24.3 Å². The van der Waals surface area contributed by atoms with Crippen molar-refractivity contribution in [2.45, 2.75) is 12.8 Å². The number of esters is 1. The van der Waals surface area contributed by atoms with E-state index in [1.165, 1.54) is 0 Å². The fourth-order valence-electron chi connectivity index (χ4n) is 2.47. The smallest absolute Gasteiger partial charge is 0.306 e. The second kappa shape index (κ2) is 8.38. The van der Waals surface area contributed by atoms with Crippen LogP contribution in [-0.4, -0.2) is 28.5 Å². The molecule has 0 atom stereocenters. The molecular weight excluding hydrogens is 372 g/mol. The summed E-state index contributed by atoms with van der Waals surface area (Å²) in [7, 11) is 0. The summed E-state index contributed by atoms with van der Waals surface area (Å²) in [6, 6.07) is 9.38. The van der Waals surface area contributed by atoms with Crippen LogP contribution in [0.4, 0.5) is 14.5 Å². The second-order valence-corrected chi connectivity index (χ2v) is 5.86. The van der Waals surface area contributed by atoms with Gasteiger partial charge < -0.3 is 15.0 Å². The number of para-hydroxylation sites is 1. The molecule has 1 heterocycles. The molecule has 0 spiro atoms. The lowest BCUT2D eigenvalue weighted by Gasteiger charge is -2.08. The lowest BCUT2D eigenvalue weighted by molar-refractivity contribution is -0.147. The predicted molar refractivity (Wildman–Crippen MR) is 96.6 cm³/mol. The number of hydrogen-bond donors (Lipinski definition) is 2. The van der Waals surface area contributed by atoms with E-state index in [1.807, 2.05) is 0 Å². The van der Waals surface area contributed by atoms with E-state index in [0.29, 0.717) is 16.7 Å². The number of carbonyl (C=O) groups is 2. The highest BCUT2D eigenvalue weighted by Gasteiger charge is 2.12. The zero-order valence-electron chi connectivity index (χ0n) is 14.5. The number of ether oxygens (including phenoxy) is 1. The van der Waals surface area contributed by atoms with Crippen LogP contribution in [0, 0.1) is 11.6 Å². The number of nitrogens with zero attached hydrogens (tertiary/aromatic N) is 1. The highest BCUT2D eigenvalue weighted by molar-refractivity contribution is 5.92. The molecule has 0 radical (unpaired) electrons. The first-order chi connectivity index (χ1) is 13.4. The average molecular weight is 387 g/mol. The van der Waals surface area contributed by atoms with Crippen molar-refractivity contribution >= 4 is 28.5 Å². The molecule has 144 valence electrons. The first kappa shape index (κ1) is 19.2. The topological polar surface area (TPSA) is 101 Å². The summed E-state index contributed by atoms with van der Waals surface area (Å²) in [5.41, 5.74) is -0.157. The van der Waals surface area contributed by atoms with Crippen molar-refractivity contribution in [3.63, 3.8) is 0 Å². The van der Waals surface area contributed by atoms with Gasteiger partial charge in [0.2, 0.25) is 0 Å². The first-order valence-electron chi connectivity index (χ1n) is 8.31. The monoisotopic (exact) mass is 387 g/mol. The number of H-pyrrole nitrogens is 1. The van der Waals surface area contributed by atoms with Crippen LogP contribution in [0.25, 0.3) is 10.9 Å². The minimum absolute atomic E-state index is 0.110. The number of carbonyl (C=O) groups excluding carboxylic acids is 2. The van der Waals surface area contributed by atoms with Crippen LogP contribution in [0.15, 0.2) is 47.3 Å². The lowest BCUT2D eigenvalue weighted by atomic mass is 10.2. The first-order valence-corrected chi connectivity index (χ1v) is 8.31. The van der Waals surface area contributed by atoms with Crippen LogP contribution in [0.2, 0.25) is 0 Å². The Balaban J connectivity index is 1.51. The van der Waals surface area contributed by atoms with Crippen molar-refractivity contribution in [2.24, 2.45) is 0 Å². The Morgan fingerprint density at radius 2 is 1.93 bits per heavy atom. The second-order valence-electron chi connectivity index (χ2n) is 5.86. The molecule has 9 heteroatoms. The number of hydrogen-bond acceptors (Lipinski definition) is 5. The zero-order valence-corrected chi connectivity index (χ0v) is 14.5. The maximum Gasteiger partial charge on any atom is 0.306 e. The molecule has 0 aliphatic heterocycles. The number of anilines is 1. The third-order valence-electron chi connectivity index (χ3n) is 3.79. The van der Waals surface area contributed by atoms with Crippen LogP contribution in [0.5, 0.6) is 0 Å². The van der Waals surface area contributed by atoms with Crippen LogP contribution >= 0.6 is 0 Å². The van der Waals surface area contributed by atoms with Gasteiger partial charge in [0, 0.05) is 12.5 Å². The Bertz CT molecular complexity index is 1100. The van der Waals surface area contributed by atoms with E-state index in [0.717, 1.165) is 18.2 Å². The van der Waals surface area contributed by atoms with Gasteiger partial charge in [-0.1, -0.05) is 12.1 Å². The summed E-state index contributed by atoms with van der Waals surface area (Å²) in [5, 5.41) is 2.56. The summed E-state index contributed by atoms with van der Waals surface area (Å²) in [6.07, 6.45) is -0.0120. The molecule has 0 aliphatic carbocycles. The molecule has 1 amide bonds. The molecule has 2 N–H and O–H groups in total. The van der Waals surface area contributed by atoms with Gasteiger partial charge in [-0.05, 0) is 24.3 Å². The van der Waals surface area contributed by atoms with Crippen molar-refractivity contribution in [2.75, 3.05) is 11.9 Å². The summed E-state index contributed by atoms with van der Waals surface area (Å²) in [5.74, 6) is -2.73. The number of aromatic nitrogens is 2. The van der Waals surface area contributed by atoms with Crippen LogP contribution in [0.3, 0.4) is 0 Å². The number of benzene rings is 2. The van der Waals surface area contributed by atoms with Gasteiger partial charge in [0.05, 0.1) is 23.0 Å². The van der Waals surface area contributed by atoms with Gasteiger partial charge >= 0.3 is 5.97 Å². The number of fused-ring (bicyclic) bond motifs is 1. The molecule has 0 unspecified atom stereocenters. The minimum atomic E-state index is -0.813. The van der Waals surface area contributed by atoms with E-state index in [2.05, 4.69) is 15.3 Å². The normalized spacial score (nSPS) is 10.6. The number of rotatable bonds is 6. The Hall–Kier alpha value is -3.62. The van der Waals surface area contributed by atoms with Gasteiger partial charge in [0.15, 0.2) is 6.61 Å². The molecule has 0 saturated heterocycles. The van der Waals surface area contributed by atoms with E-state index < -0.39 is 30.1 Å². The van der Waals surface area contributed by atoms with Crippen LogP contribution < -0.4 is 10.9 Å². The number of amides is 1. The lowest BCUT2D eigenvalue weighted by Crippen LogP contribution is -2.22. The predicted octanol–water partition coefficient (Wildman–Crippen LogP) is 2.32. The van der Waals surface area contributed by atoms with Gasteiger partial charge in [-0.3, -0.25) is 14.4 Å². The highest BCUT2D eigenvalue weighted by atomic mass is 19.1. The molecular formula is C19H15F2N3O4. The highest BCUT2D eigenvalue weighted by Crippen LogP contribution is 2.15. The minimum Gasteiger partial charge on any atom is -0.456 e. The number of halogens is 2. The van der Waals surface area contributed by atoms with Crippen molar-refractivity contribution in [3.05, 3.63) is 70.3 Å². The van der Waals surface area contributed by atoms with Gasteiger partial charge in [-0.2, -0.15) is 0 Å². The van der Waals surface area contributed by atoms with Crippen LogP contribution in [-0.2, 0) is 20.7 Å². The molecule has 0 bridgehead atoms. The standard InChI is InChI=1S/C19H15F2N3O4/c20-11-5-6-13(21)15(9-11)23-17(25)10-28-18(26)8-7-16-22-14-4-2-1-3-12(14)19(27)24-16/h1-6,9H,7-8,10H2,(H,23,25)(H,22,24,27). The average Bonchev–Trinajstić information content (AvgIpc) is 2.67. The Labute approximate surface area is 157 Å². The van der Waals surface area contributed by atoms with Gasteiger partial charge in [0.25, 0.3) is 11.5 Å². The van der Waals surface area contributed by atoms with Gasteiger partial charge in [-0.25, -0.2) is 13.8 Å². The van der Waals surface area contributed by atoms with E-state index in [-0.39, 0.29) is 24.1 Å². The summed E-state index contributed by atoms with van der Waals surface area (Å²) < 4.78 is 31.3. The molecule has 3 rings (SSSR count). The van der Waals surface area contributed by atoms with Crippen molar-refractivity contribution in [1.29, 1.82) is 0 Å². The molecule has 3 aromatic rings. The SMILES string of the molecule is O=C(COC(=O)CCc1nc2ccccc2c(=O)[nH]1)Nc1cc(F)ccc1F. The summed E-state index contributed by atoms with van der Waals surface area (Å²) >= 11 is 0. The van der Waals surface area contributed by atoms with Crippen molar-refractivity contribution in [3.8, 4) is 0 Å². The molecule has 0 fully saturated rings. The molecule has 28 heavy (non-hydrogen) atoms. The molecule has 0 saturated carbocycles. The molecule has 1 aromatic heterocycles. The van der Waals surface area contributed by atoms with Gasteiger partial charge in [0.1, 0.15) is 17.5 Å². The van der Waals surface area contributed by atoms with Crippen LogP contribution in [0.1, 0.15) is 12.2 Å². The Kier molecular flexibility index (Phi) is 5.73. The van der Waals surface area contributed by atoms with E-state index >= 15 is 0 Å². The van der Waals surface area contributed by atoms with Crippen molar-refractivity contribution in [1.82, 2.24) is 9.97 Å². The van der Waals surface area contributed by atoms with E-state index in [4.69, 9.17) is 4.74 Å². The molecule has 7 nitrogen and oxygen atoms in total. The van der Waals surface area contributed by atoms with E-state index in [9.17, 15) is 23.2 Å². The van der Waals surface area contributed by atoms with Gasteiger partial charge in [-0.15, -0.1) is 0 Å². The quantitative estimate of drug-likeness (QED) is 0.632. The van der Waals surface area contributed by atoms with Crippen molar-refractivity contribution < 1.29 is 23.1 Å². The Morgan fingerprint density at radius 1 is 1.14 bits per heavy atom. The molecule has 0 aliphatic rings. The maximum atomic E-state index is 13.5. The maximum absolute atomic E-state index is 13.5. The third-order valence-corrected chi connectivity index (χ3v) is 3.79. The fraction of sp³-hybridized carbons (Fsp3) is 0.158. The largest absolute Gasteiger partial charge is 0.456 e. The number of aryl methyl sites for hydroxylation is 1. The fourth-order valence-corrected chi connectivity index (χ4v) is 2.47. The Morgan fingerprint density at radius 3 is 2.75 bits per heavy atom.